The number of carbonyl (C=O) groups excluding carboxylic acids is 1. The van der Waals surface area contributed by atoms with E-state index in [0.29, 0.717) is 12.3 Å². The molecule has 2 aromatic carbocycles. The fourth-order valence-corrected chi connectivity index (χ4v) is 4.08. The molecule has 0 bridgehead atoms. The van der Waals surface area contributed by atoms with Gasteiger partial charge in [0.15, 0.2) is 0 Å². The minimum atomic E-state index is -0.187. The Hall–Kier alpha value is -2.40. The summed E-state index contributed by atoms with van der Waals surface area (Å²) in [5, 5.41) is 0. The number of likely N-dealkylation sites (tertiary alicyclic amines) is 1. The van der Waals surface area contributed by atoms with E-state index >= 15 is 0 Å². The first-order chi connectivity index (χ1) is 14.0. The smallest absolute Gasteiger partial charge is 0.226 e. The molecule has 29 heavy (non-hydrogen) atoms. The van der Waals surface area contributed by atoms with Gasteiger partial charge >= 0.3 is 0 Å². The Labute approximate surface area is 173 Å². The summed E-state index contributed by atoms with van der Waals surface area (Å²) in [6.07, 6.45) is 3.60. The van der Waals surface area contributed by atoms with Crippen molar-refractivity contribution in [3.8, 4) is 5.75 Å². The summed E-state index contributed by atoms with van der Waals surface area (Å²) >= 11 is 0. The number of carbonyl (C=O) groups is 1. The Bertz CT molecular complexity index is 794. The van der Waals surface area contributed by atoms with Gasteiger partial charge in [0, 0.05) is 32.2 Å². The maximum atomic E-state index is 13.0. The van der Waals surface area contributed by atoms with Crippen molar-refractivity contribution >= 4 is 5.91 Å². The molecular formula is C24H31FN2O2. The quantitative estimate of drug-likeness (QED) is 0.678. The third-order valence-electron chi connectivity index (χ3n) is 5.73. The van der Waals surface area contributed by atoms with Gasteiger partial charge in [0.1, 0.15) is 11.6 Å². The van der Waals surface area contributed by atoms with E-state index in [1.165, 1.54) is 12.1 Å². The fraction of sp³-hybridized carbons (Fsp3) is 0.458. The van der Waals surface area contributed by atoms with Gasteiger partial charge in [0.25, 0.3) is 0 Å². The van der Waals surface area contributed by atoms with E-state index in [1.807, 2.05) is 48.3 Å². The van der Waals surface area contributed by atoms with Crippen molar-refractivity contribution in [1.29, 1.82) is 0 Å². The second-order valence-corrected chi connectivity index (χ2v) is 7.95. The van der Waals surface area contributed by atoms with Crippen LogP contribution in [0.5, 0.6) is 5.75 Å². The van der Waals surface area contributed by atoms with Gasteiger partial charge in [-0.2, -0.15) is 0 Å². The monoisotopic (exact) mass is 398 g/mol. The zero-order valence-electron chi connectivity index (χ0n) is 17.4. The third kappa shape index (κ3) is 6.29. The minimum Gasteiger partial charge on any atom is -0.496 e. The number of hydrogen-bond acceptors (Lipinski definition) is 3. The van der Waals surface area contributed by atoms with Crippen LogP contribution in [0.25, 0.3) is 0 Å². The molecule has 1 unspecified atom stereocenters. The number of methoxy groups -OCH3 is 1. The Balaban J connectivity index is 1.47. The highest BCUT2D eigenvalue weighted by atomic mass is 19.1. The summed E-state index contributed by atoms with van der Waals surface area (Å²) in [5.41, 5.74) is 2.09. The van der Waals surface area contributed by atoms with Crippen LogP contribution in [0.15, 0.2) is 48.5 Å². The first-order valence-corrected chi connectivity index (χ1v) is 10.4. The summed E-state index contributed by atoms with van der Waals surface area (Å²) in [7, 11) is 3.53. The van der Waals surface area contributed by atoms with Crippen molar-refractivity contribution in [2.45, 2.75) is 25.7 Å². The Kier molecular flexibility index (Phi) is 7.64. The first-order valence-electron chi connectivity index (χ1n) is 10.4. The van der Waals surface area contributed by atoms with Gasteiger partial charge in [-0.3, -0.25) is 4.79 Å². The van der Waals surface area contributed by atoms with Gasteiger partial charge < -0.3 is 14.5 Å². The van der Waals surface area contributed by atoms with E-state index in [-0.39, 0.29) is 11.7 Å². The summed E-state index contributed by atoms with van der Waals surface area (Å²) < 4.78 is 18.4. The van der Waals surface area contributed by atoms with Crippen molar-refractivity contribution in [2.24, 2.45) is 5.92 Å². The second kappa shape index (κ2) is 10.4. The lowest BCUT2D eigenvalue weighted by molar-refractivity contribution is -0.130. The van der Waals surface area contributed by atoms with Crippen LogP contribution in [0, 0.1) is 11.7 Å². The molecular weight excluding hydrogens is 367 g/mol. The number of benzene rings is 2. The van der Waals surface area contributed by atoms with Gasteiger partial charge in [0.2, 0.25) is 5.91 Å². The van der Waals surface area contributed by atoms with Crippen LogP contribution in [0.2, 0.25) is 0 Å². The van der Waals surface area contributed by atoms with Crippen molar-refractivity contribution in [3.63, 3.8) is 0 Å². The molecule has 0 radical (unpaired) electrons. The lowest BCUT2D eigenvalue weighted by atomic mass is 9.96. The highest BCUT2D eigenvalue weighted by Gasteiger charge is 2.23. The summed E-state index contributed by atoms with van der Waals surface area (Å²) in [5.74, 6) is 1.19. The molecule has 1 heterocycles. The Morgan fingerprint density at radius 3 is 2.72 bits per heavy atom. The van der Waals surface area contributed by atoms with Crippen LogP contribution in [0.4, 0.5) is 4.39 Å². The van der Waals surface area contributed by atoms with E-state index in [2.05, 4.69) is 4.90 Å². The normalized spacial score (nSPS) is 17.1. The number of ether oxygens (including phenoxy) is 1. The molecule has 1 saturated heterocycles. The van der Waals surface area contributed by atoms with Crippen LogP contribution < -0.4 is 4.74 Å². The molecule has 1 amide bonds. The van der Waals surface area contributed by atoms with Crippen LogP contribution in [0.1, 0.15) is 24.0 Å². The zero-order valence-corrected chi connectivity index (χ0v) is 17.4. The Morgan fingerprint density at radius 1 is 1.21 bits per heavy atom. The van der Waals surface area contributed by atoms with E-state index < -0.39 is 0 Å². The fourth-order valence-electron chi connectivity index (χ4n) is 4.08. The lowest BCUT2D eigenvalue weighted by Gasteiger charge is -2.34. The van der Waals surface area contributed by atoms with Gasteiger partial charge in [-0.05, 0) is 55.5 Å². The number of amides is 1. The molecule has 1 aliphatic rings. The molecule has 4 nitrogen and oxygen atoms in total. The van der Waals surface area contributed by atoms with Crippen molar-refractivity contribution in [2.75, 3.05) is 40.3 Å². The maximum Gasteiger partial charge on any atom is 0.226 e. The second-order valence-electron chi connectivity index (χ2n) is 7.95. The Morgan fingerprint density at radius 2 is 1.97 bits per heavy atom. The van der Waals surface area contributed by atoms with Crippen molar-refractivity contribution in [3.05, 3.63) is 65.5 Å². The van der Waals surface area contributed by atoms with E-state index in [0.717, 1.165) is 62.3 Å². The number of rotatable bonds is 8. The zero-order chi connectivity index (χ0) is 20.6. The van der Waals surface area contributed by atoms with E-state index in [9.17, 15) is 9.18 Å². The third-order valence-corrected chi connectivity index (χ3v) is 5.73. The maximum absolute atomic E-state index is 13.0. The van der Waals surface area contributed by atoms with Crippen LogP contribution >= 0.6 is 0 Å². The average molecular weight is 399 g/mol. The summed E-state index contributed by atoms with van der Waals surface area (Å²) in [6.45, 7) is 3.85. The highest BCUT2D eigenvalue weighted by Crippen LogP contribution is 2.21. The number of hydrogen-bond donors (Lipinski definition) is 0. The molecule has 1 fully saturated rings. The molecule has 2 aromatic rings. The molecule has 1 atom stereocenters. The van der Waals surface area contributed by atoms with Crippen LogP contribution in [-0.2, 0) is 17.6 Å². The minimum absolute atomic E-state index is 0.123. The highest BCUT2D eigenvalue weighted by molar-refractivity contribution is 5.79. The molecule has 0 aliphatic carbocycles. The molecule has 1 aliphatic heterocycles. The van der Waals surface area contributed by atoms with Gasteiger partial charge in [-0.25, -0.2) is 4.39 Å². The predicted octanol–water partition coefficient (Wildman–Crippen LogP) is 3.79. The van der Waals surface area contributed by atoms with Crippen molar-refractivity contribution in [1.82, 2.24) is 9.80 Å². The molecule has 5 heteroatoms. The number of halogens is 1. The van der Waals surface area contributed by atoms with Crippen molar-refractivity contribution < 1.29 is 13.9 Å². The molecule has 0 spiro atoms. The molecule has 0 aromatic heterocycles. The topological polar surface area (TPSA) is 32.8 Å². The van der Waals surface area contributed by atoms with E-state index in [4.69, 9.17) is 4.74 Å². The summed E-state index contributed by atoms with van der Waals surface area (Å²) in [4.78, 5) is 17.0. The van der Waals surface area contributed by atoms with Crippen LogP contribution in [0.3, 0.4) is 0 Å². The largest absolute Gasteiger partial charge is 0.496 e. The number of nitrogens with zero attached hydrogens (tertiary/aromatic N) is 2. The van der Waals surface area contributed by atoms with E-state index in [1.54, 1.807) is 7.11 Å². The lowest BCUT2D eigenvalue weighted by Crippen LogP contribution is -2.42. The van der Waals surface area contributed by atoms with Gasteiger partial charge in [-0.1, -0.05) is 30.3 Å². The van der Waals surface area contributed by atoms with Crippen LogP contribution in [-0.4, -0.2) is 56.0 Å². The molecule has 3 rings (SSSR count). The summed E-state index contributed by atoms with van der Waals surface area (Å²) in [6, 6.07) is 14.5. The van der Waals surface area contributed by atoms with Gasteiger partial charge in [-0.15, -0.1) is 0 Å². The van der Waals surface area contributed by atoms with Gasteiger partial charge in [0.05, 0.1) is 13.5 Å². The SMILES string of the molecule is COc1ccccc1CC(=O)N(C)CC1CCCN(CCc2ccc(F)cc2)C1. The number of likely N-dealkylation sites (N-methyl/N-ethyl adjacent to an activating group) is 1. The predicted molar refractivity (Wildman–Crippen MR) is 114 cm³/mol. The molecule has 0 saturated carbocycles. The first kappa shape index (κ1) is 21.3. The number of piperidine rings is 1. The average Bonchev–Trinajstić information content (AvgIpc) is 2.74. The standard InChI is InChI=1S/C24H31FN2O2/c1-26(24(28)16-21-7-3-4-8-23(21)29-2)17-20-6-5-14-27(18-20)15-13-19-9-11-22(25)12-10-19/h3-4,7-12,20H,5-6,13-18H2,1-2H3. The number of para-hydroxylation sites is 1. The molecule has 156 valence electrons. The molecule has 0 N–H and O–H groups in total.